The van der Waals surface area contributed by atoms with E-state index >= 15 is 0 Å². The molecule has 1 nitrogen and oxygen atoms in total. The van der Waals surface area contributed by atoms with Crippen molar-refractivity contribution in [3.8, 4) is 0 Å². The first-order valence-electron chi connectivity index (χ1n) is 5.99. The summed E-state index contributed by atoms with van der Waals surface area (Å²) in [5.74, 6) is -0.195. The molecule has 100 valence electrons. The molecule has 1 N–H and O–H groups in total. The molecule has 0 aliphatic rings. The molecular weight excluding hydrogens is 329 g/mol. The summed E-state index contributed by atoms with van der Waals surface area (Å²) in [5, 5.41) is 4.02. The van der Waals surface area contributed by atoms with Crippen molar-refractivity contribution in [2.24, 2.45) is 0 Å². The summed E-state index contributed by atoms with van der Waals surface area (Å²) in [4.78, 5) is 0. The lowest BCUT2D eigenvalue weighted by Crippen LogP contribution is -2.18. The van der Waals surface area contributed by atoms with Gasteiger partial charge >= 0.3 is 0 Å². The van der Waals surface area contributed by atoms with Gasteiger partial charge < -0.3 is 5.32 Å². The number of halogens is 3. The molecule has 0 amide bonds. The Kier molecular flexibility index (Phi) is 4.97. The monoisotopic (exact) mass is 341 g/mol. The standard InChI is InChI=1S/C15H14BrClFN/c1-10(11-2-5-14(17)6-3-11)19-9-12-8-13(16)4-7-15(12)18/h2-8,10,19H,9H2,1H3/t10-/m0/s1. The largest absolute Gasteiger partial charge is 0.306 e. The normalized spacial score (nSPS) is 12.4. The third-order valence-corrected chi connectivity index (χ3v) is 3.72. The first-order chi connectivity index (χ1) is 9.06. The van der Waals surface area contributed by atoms with Gasteiger partial charge in [-0.3, -0.25) is 0 Å². The van der Waals surface area contributed by atoms with E-state index in [0.717, 1.165) is 10.0 Å². The van der Waals surface area contributed by atoms with E-state index in [1.54, 1.807) is 12.1 Å². The summed E-state index contributed by atoms with van der Waals surface area (Å²) in [6.07, 6.45) is 0. The van der Waals surface area contributed by atoms with Crippen molar-refractivity contribution < 1.29 is 4.39 Å². The smallest absolute Gasteiger partial charge is 0.127 e. The van der Waals surface area contributed by atoms with Crippen molar-refractivity contribution in [1.29, 1.82) is 0 Å². The van der Waals surface area contributed by atoms with Crippen LogP contribution in [0.15, 0.2) is 46.9 Å². The maximum absolute atomic E-state index is 13.6. The van der Waals surface area contributed by atoms with Gasteiger partial charge in [0.1, 0.15) is 5.82 Å². The second-order valence-electron chi connectivity index (χ2n) is 4.39. The molecule has 0 spiro atoms. The Bertz CT molecular complexity index is 557. The first kappa shape index (κ1) is 14.5. The summed E-state index contributed by atoms with van der Waals surface area (Å²) in [7, 11) is 0. The second kappa shape index (κ2) is 6.51. The van der Waals surface area contributed by atoms with Gasteiger partial charge in [-0.15, -0.1) is 0 Å². The highest BCUT2D eigenvalue weighted by Crippen LogP contribution is 2.19. The molecule has 0 aliphatic heterocycles. The van der Waals surface area contributed by atoms with E-state index in [4.69, 9.17) is 11.6 Å². The van der Waals surface area contributed by atoms with Gasteiger partial charge in [-0.25, -0.2) is 4.39 Å². The zero-order chi connectivity index (χ0) is 13.8. The van der Waals surface area contributed by atoms with Crippen LogP contribution in [0.1, 0.15) is 24.1 Å². The van der Waals surface area contributed by atoms with E-state index in [9.17, 15) is 4.39 Å². The molecule has 0 heterocycles. The topological polar surface area (TPSA) is 12.0 Å². The van der Waals surface area contributed by atoms with E-state index in [-0.39, 0.29) is 11.9 Å². The Morgan fingerprint density at radius 2 is 1.89 bits per heavy atom. The SMILES string of the molecule is C[C@H](NCc1cc(Br)ccc1F)c1ccc(Cl)cc1. The van der Waals surface area contributed by atoms with E-state index < -0.39 is 0 Å². The molecule has 0 bridgehead atoms. The molecule has 0 fully saturated rings. The molecule has 0 unspecified atom stereocenters. The molecule has 2 rings (SSSR count). The molecule has 1 atom stereocenters. The molecule has 0 saturated heterocycles. The Hall–Kier alpha value is -0.900. The maximum atomic E-state index is 13.6. The highest BCUT2D eigenvalue weighted by molar-refractivity contribution is 9.10. The van der Waals surface area contributed by atoms with Crippen molar-refractivity contribution in [3.05, 3.63) is 68.9 Å². The summed E-state index contributed by atoms with van der Waals surface area (Å²) < 4.78 is 14.5. The highest BCUT2D eigenvalue weighted by Gasteiger charge is 2.07. The highest BCUT2D eigenvalue weighted by atomic mass is 79.9. The lowest BCUT2D eigenvalue weighted by atomic mass is 10.1. The van der Waals surface area contributed by atoms with Crippen LogP contribution in [0.5, 0.6) is 0 Å². The van der Waals surface area contributed by atoms with Gasteiger partial charge in [0.05, 0.1) is 0 Å². The van der Waals surface area contributed by atoms with Gasteiger partial charge in [-0.1, -0.05) is 39.7 Å². The van der Waals surface area contributed by atoms with Crippen molar-refractivity contribution in [1.82, 2.24) is 5.32 Å². The minimum atomic E-state index is -0.195. The summed E-state index contributed by atoms with van der Waals surface area (Å²) in [6.45, 7) is 2.52. The molecule has 2 aromatic carbocycles. The Labute approximate surface area is 125 Å². The first-order valence-corrected chi connectivity index (χ1v) is 7.16. The molecule has 0 radical (unpaired) electrons. The summed E-state index contributed by atoms with van der Waals surface area (Å²) >= 11 is 9.20. The van der Waals surface area contributed by atoms with E-state index in [0.29, 0.717) is 17.1 Å². The Balaban J connectivity index is 2.02. The third kappa shape index (κ3) is 4.03. The van der Waals surface area contributed by atoms with Crippen LogP contribution in [-0.4, -0.2) is 0 Å². The lowest BCUT2D eigenvalue weighted by Gasteiger charge is -2.15. The van der Waals surface area contributed by atoms with Crippen LogP contribution in [-0.2, 0) is 6.54 Å². The van der Waals surface area contributed by atoms with Crippen molar-refractivity contribution in [2.75, 3.05) is 0 Å². The molecule has 0 saturated carbocycles. The van der Waals surface area contributed by atoms with Gasteiger partial charge in [-0.2, -0.15) is 0 Å². The van der Waals surface area contributed by atoms with Crippen LogP contribution in [0.3, 0.4) is 0 Å². The third-order valence-electron chi connectivity index (χ3n) is 2.98. The number of benzene rings is 2. The van der Waals surface area contributed by atoms with E-state index in [1.165, 1.54) is 6.07 Å². The average molecular weight is 343 g/mol. The van der Waals surface area contributed by atoms with Gasteiger partial charge in [-0.05, 0) is 42.8 Å². The maximum Gasteiger partial charge on any atom is 0.127 e. The molecule has 4 heteroatoms. The fourth-order valence-electron chi connectivity index (χ4n) is 1.81. The zero-order valence-corrected chi connectivity index (χ0v) is 12.8. The number of rotatable bonds is 4. The van der Waals surface area contributed by atoms with E-state index in [2.05, 4.69) is 21.2 Å². The zero-order valence-electron chi connectivity index (χ0n) is 10.5. The van der Waals surface area contributed by atoms with E-state index in [1.807, 2.05) is 31.2 Å². The predicted octanol–water partition coefficient (Wildman–Crippen LogP) is 5.09. The summed E-state index contributed by atoms with van der Waals surface area (Å²) in [5.41, 5.74) is 1.77. The van der Waals surface area contributed by atoms with Gasteiger partial charge in [0.25, 0.3) is 0 Å². The second-order valence-corrected chi connectivity index (χ2v) is 5.74. The fraction of sp³-hybridized carbons (Fsp3) is 0.200. The quantitative estimate of drug-likeness (QED) is 0.816. The predicted molar refractivity (Wildman–Crippen MR) is 80.8 cm³/mol. The Morgan fingerprint density at radius 3 is 2.58 bits per heavy atom. The van der Waals surface area contributed by atoms with Crippen LogP contribution in [0.4, 0.5) is 4.39 Å². The fourth-order valence-corrected chi connectivity index (χ4v) is 2.35. The van der Waals surface area contributed by atoms with Gasteiger partial charge in [0.15, 0.2) is 0 Å². The molecular formula is C15H14BrClFN. The average Bonchev–Trinajstić information content (AvgIpc) is 2.40. The lowest BCUT2D eigenvalue weighted by molar-refractivity contribution is 0.544. The van der Waals surface area contributed by atoms with Crippen molar-refractivity contribution in [2.45, 2.75) is 19.5 Å². The molecule has 0 aromatic heterocycles. The number of nitrogens with one attached hydrogen (secondary N) is 1. The number of hydrogen-bond donors (Lipinski definition) is 1. The molecule has 19 heavy (non-hydrogen) atoms. The Morgan fingerprint density at radius 1 is 1.21 bits per heavy atom. The van der Waals surface area contributed by atoms with Crippen molar-refractivity contribution in [3.63, 3.8) is 0 Å². The minimum absolute atomic E-state index is 0.135. The van der Waals surface area contributed by atoms with Crippen LogP contribution >= 0.6 is 27.5 Å². The number of hydrogen-bond acceptors (Lipinski definition) is 1. The molecule has 0 aliphatic carbocycles. The van der Waals surface area contributed by atoms with Crippen LogP contribution in [0.2, 0.25) is 5.02 Å². The minimum Gasteiger partial charge on any atom is -0.306 e. The van der Waals surface area contributed by atoms with Crippen LogP contribution in [0.25, 0.3) is 0 Å². The van der Waals surface area contributed by atoms with Crippen molar-refractivity contribution >= 4 is 27.5 Å². The summed E-state index contributed by atoms with van der Waals surface area (Å²) in [6, 6.07) is 12.7. The molecule has 2 aromatic rings. The van der Waals surface area contributed by atoms with Gasteiger partial charge in [0, 0.05) is 27.6 Å². The van der Waals surface area contributed by atoms with Crippen LogP contribution < -0.4 is 5.32 Å². The van der Waals surface area contributed by atoms with Gasteiger partial charge in [0.2, 0.25) is 0 Å². The van der Waals surface area contributed by atoms with Crippen LogP contribution in [0, 0.1) is 5.82 Å².